The summed E-state index contributed by atoms with van der Waals surface area (Å²) in [5, 5.41) is 11.9. The molecule has 1 aliphatic rings. The maximum atomic E-state index is 12.8. The van der Waals surface area contributed by atoms with Crippen molar-refractivity contribution in [2.24, 2.45) is 0 Å². The number of thioether (sulfide) groups is 1. The second kappa shape index (κ2) is 12.8. The topological polar surface area (TPSA) is 93.4 Å². The smallest absolute Gasteiger partial charge is 0.252 e. The molecule has 1 aliphatic carbocycles. The van der Waals surface area contributed by atoms with Crippen molar-refractivity contribution in [2.75, 3.05) is 13.2 Å². The maximum Gasteiger partial charge on any atom is 0.252 e. The van der Waals surface area contributed by atoms with Crippen LogP contribution in [0.5, 0.6) is 5.75 Å². The normalized spacial score (nSPS) is 13.5. The van der Waals surface area contributed by atoms with Crippen LogP contribution in [-0.4, -0.2) is 39.5 Å². The number of fused-ring (bicyclic) bond motifs is 1. The summed E-state index contributed by atoms with van der Waals surface area (Å²) in [4.78, 5) is 30.5. The monoisotopic (exact) mass is 541 g/mol. The lowest BCUT2D eigenvalue weighted by atomic mass is 9.87. The Labute approximate surface area is 232 Å². The first-order chi connectivity index (χ1) is 19.1. The quantitative estimate of drug-likeness (QED) is 0.252. The first-order valence-electron chi connectivity index (χ1n) is 13.1. The van der Waals surface area contributed by atoms with E-state index in [0.29, 0.717) is 24.3 Å². The summed E-state index contributed by atoms with van der Waals surface area (Å²) < 4.78 is 8.74. The van der Waals surface area contributed by atoms with Gasteiger partial charge in [0.25, 0.3) is 5.91 Å². The molecule has 3 aromatic carbocycles. The molecule has 200 valence electrons. The molecule has 39 heavy (non-hydrogen) atoms. The van der Waals surface area contributed by atoms with Crippen molar-refractivity contribution in [1.82, 2.24) is 14.9 Å². The highest BCUT2D eigenvalue weighted by Crippen LogP contribution is 2.38. The summed E-state index contributed by atoms with van der Waals surface area (Å²) in [6, 6.07) is 21.4. The molecule has 0 unspecified atom stereocenters. The van der Waals surface area contributed by atoms with E-state index in [1.807, 2.05) is 59.3 Å². The van der Waals surface area contributed by atoms with E-state index >= 15 is 0 Å². The number of ketones is 1. The number of hydrogen-bond acceptors (Lipinski definition) is 6. The largest absolute Gasteiger partial charge is 0.484 e. The van der Waals surface area contributed by atoms with Gasteiger partial charge in [-0.05, 0) is 48.2 Å². The van der Waals surface area contributed by atoms with Crippen LogP contribution in [0.25, 0.3) is 0 Å². The van der Waals surface area contributed by atoms with Gasteiger partial charge in [0, 0.05) is 47.1 Å². The van der Waals surface area contributed by atoms with Crippen LogP contribution in [0.3, 0.4) is 0 Å². The molecule has 2 N–H and O–H groups in total. The summed E-state index contributed by atoms with van der Waals surface area (Å²) in [5.41, 5.74) is 4.39. The molecule has 7 nitrogen and oxygen atoms in total. The Morgan fingerprint density at radius 2 is 1.90 bits per heavy atom. The zero-order valence-corrected chi connectivity index (χ0v) is 22.4. The van der Waals surface area contributed by atoms with Gasteiger partial charge in [-0.15, -0.1) is 11.8 Å². The number of nitrogens with zero attached hydrogens (tertiary/aromatic N) is 2. The number of amides is 1. The van der Waals surface area contributed by atoms with Gasteiger partial charge in [-0.1, -0.05) is 42.5 Å². The van der Waals surface area contributed by atoms with Crippen LogP contribution in [-0.2, 0) is 18.7 Å². The average Bonchev–Trinajstić information content (AvgIpc) is 3.49. The Balaban J connectivity index is 1.48. The number of aliphatic hydroxyl groups is 1. The molecule has 4 aromatic rings. The number of rotatable bonds is 11. The number of carbonyl (C=O) groups is 2. The Morgan fingerprint density at radius 3 is 2.69 bits per heavy atom. The highest BCUT2D eigenvalue weighted by Gasteiger charge is 2.25. The number of ether oxygens (including phenoxy) is 1. The summed E-state index contributed by atoms with van der Waals surface area (Å²) in [6.07, 6.45) is 7.36. The van der Waals surface area contributed by atoms with E-state index in [1.54, 1.807) is 30.4 Å². The lowest BCUT2D eigenvalue weighted by Gasteiger charge is -2.26. The molecular formula is C31H31N3O4S. The second-order valence-corrected chi connectivity index (χ2v) is 10.4. The van der Waals surface area contributed by atoms with Gasteiger partial charge in [0.05, 0.1) is 25.0 Å². The molecule has 0 fully saturated rings. The van der Waals surface area contributed by atoms with Crippen LogP contribution in [0.1, 0.15) is 56.4 Å². The highest BCUT2D eigenvalue weighted by molar-refractivity contribution is 7.98. The van der Waals surface area contributed by atoms with E-state index in [-0.39, 0.29) is 30.9 Å². The van der Waals surface area contributed by atoms with Crippen molar-refractivity contribution in [2.45, 2.75) is 42.6 Å². The van der Waals surface area contributed by atoms with Crippen LogP contribution in [0, 0.1) is 0 Å². The Morgan fingerprint density at radius 1 is 1.08 bits per heavy atom. The Bertz CT molecular complexity index is 1420. The first-order valence-corrected chi connectivity index (χ1v) is 14.1. The minimum absolute atomic E-state index is 0.117. The predicted octanol–water partition coefficient (Wildman–Crippen LogP) is 5.24. The van der Waals surface area contributed by atoms with E-state index in [2.05, 4.69) is 22.4 Å². The van der Waals surface area contributed by atoms with Gasteiger partial charge in [0.1, 0.15) is 11.9 Å². The van der Waals surface area contributed by atoms with Gasteiger partial charge < -0.3 is 19.7 Å². The predicted molar refractivity (Wildman–Crippen MR) is 151 cm³/mol. The number of aliphatic hydroxyl groups excluding tert-OH is 1. The van der Waals surface area contributed by atoms with Crippen LogP contribution in [0.2, 0.25) is 0 Å². The molecule has 1 heterocycles. The van der Waals surface area contributed by atoms with E-state index < -0.39 is 0 Å². The third kappa shape index (κ3) is 6.41. The molecule has 0 aliphatic heterocycles. The number of aromatic nitrogens is 2. The number of nitrogens with one attached hydrogen (secondary N) is 1. The van der Waals surface area contributed by atoms with E-state index in [4.69, 9.17) is 9.84 Å². The molecule has 0 bridgehead atoms. The molecule has 0 saturated carbocycles. The van der Waals surface area contributed by atoms with Crippen molar-refractivity contribution in [3.63, 3.8) is 0 Å². The molecule has 1 aromatic heterocycles. The third-order valence-corrected chi connectivity index (χ3v) is 7.90. The molecule has 0 radical (unpaired) electrons. The minimum Gasteiger partial charge on any atom is -0.484 e. The SMILES string of the molecule is O=C(NCCO)c1ccccc1SCc1c(O[C@H](Cn2ccnc2)c2ccccc2)ccc2c1CCCC2=O. The summed E-state index contributed by atoms with van der Waals surface area (Å²) in [5.74, 6) is 1.23. The summed E-state index contributed by atoms with van der Waals surface area (Å²) in [7, 11) is 0. The lowest BCUT2D eigenvalue weighted by Crippen LogP contribution is -2.26. The van der Waals surface area contributed by atoms with Crippen molar-refractivity contribution < 1.29 is 19.4 Å². The summed E-state index contributed by atoms with van der Waals surface area (Å²) in [6.45, 7) is 0.663. The van der Waals surface area contributed by atoms with Gasteiger partial charge in [-0.3, -0.25) is 9.59 Å². The van der Waals surface area contributed by atoms with Crippen molar-refractivity contribution in [3.8, 4) is 5.75 Å². The van der Waals surface area contributed by atoms with Crippen molar-refractivity contribution in [3.05, 3.63) is 113 Å². The van der Waals surface area contributed by atoms with E-state index in [1.165, 1.54) is 0 Å². The zero-order valence-electron chi connectivity index (χ0n) is 21.6. The van der Waals surface area contributed by atoms with Crippen molar-refractivity contribution >= 4 is 23.5 Å². The van der Waals surface area contributed by atoms with E-state index in [0.717, 1.165) is 45.7 Å². The molecule has 0 spiro atoms. The number of imidazole rings is 1. The van der Waals surface area contributed by atoms with Crippen LogP contribution >= 0.6 is 11.8 Å². The number of carbonyl (C=O) groups excluding carboxylic acids is 2. The lowest BCUT2D eigenvalue weighted by molar-refractivity contribution is 0.0940. The molecular weight excluding hydrogens is 510 g/mol. The third-order valence-electron chi connectivity index (χ3n) is 6.80. The fraction of sp³-hybridized carbons (Fsp3) is 0.258. The van der Waals surface area contributed by atoms with Gasteiger partial charge in [0.15, 0.2) is 5.78 Å². The van der Waals surface area contributed by atoms with Crippen LogP contribution in [0.4, 0.5) is 0 Å². The molecule has 1 amide bonds. The molecule has 5 rings (SSSR count). The number of hydrogen-bond donors (Lipinski definition) is 2. The first kappa shape index (κ1) is 26.7. The molecule has 0 saturated heterocycles. The maximum absolute atomic E-state index is 12.8. The highest BCUT2D eigenvalue weighted by atomic mass is 32.2. The standard InChI is InChI=1S/C31H31N3O4S/c35-18-16-33-31(37)25-9-4-5-12-30(25)39-20-26-23-10-6-11-27(36)24(23)13-14-28(26)38-29(19-34-17-15-32-21-34)22-7-2-1-3-8-22/h1-5,7-9,12-15,17,21,29,35H,6,10-11,16,18-20H2,(H,33,37)/t29-/m1/s1. The molecule has 8 heteroatoms. The van der Waals surface area contributed by atoms with Crippen LogP contribution in [0.15, 0.2) is 90.3 Å². The fourth-order valence-electron chi connectivity index (χ4n) is 4.86. The minimum atomic E-state index is -0.266. The fourth-order valence-corrected chi connectivity index (χ4v) is 5.97. The second-order valence-electron chi connectivity index (χ2n) is 9.39. The summed E-state index contributed by atoms with van der Waals surface area (Å²) >= 11 is 1.55. The van der Waals surface area contributed by atoms with Crippen LogP contribution < -0.4 is 10.1 Å². The van der Waals surface area contributed by atoms with Gasteiger partial charge in [-0.25, -0.2) is 4.98 Å². The average molecular weight is 542 g/mol. The van der Waals surface area contributed by atoms with Crippen molar-refractivity contribution in [1.29, 1.82) is 0 Å². The number of Topliss-reactive ketones (excluding diaryl/α,β-unsaturated/α-hetero) is 1. The Hall–Kier alpha value is -3.88. The van der Waals surface area contributed by atoms with Gasteiger partial charge >= 0.3 is 0 Å². The zero-order chi connectivity index (χ0) is 27.0. The Kier molecular flexibility index (Phi) is 8.75. The van der Waals surface area contributed by atoms with Gasteiger partial charge in [-0.2, -0.15) is 0 Å². The number of benzene rings is 3. The van der Waals surface area contributed by atoms with Gasteiger partial charge in [0.2, 0.25) is 0 Å². The molecule has 1 atom stereocenters. The van der Waals surface area contributed by atoms with E-state index in [9.17, 15) is 9.59 Å².